The first-order valence-electron chi connectivity index (χ1n) is 6.95. The lowest BCUT2D eigenvalue weighted by molar-refractivity contribution is -0.136. The highest BCUT2D eigenvalue weighted by Gasteiger charge is 2.27. The normalized spacial score (nSPS) is 31.1. The number of morpholine rings is 1. The highest BCUT2D eigenvalue weighted by atomic mass is 16.5. The largest absolute Gasteiger partial charge is 0.365 e. The van der Waals surface area contributed by atoms with Crippen LogP contribution in [-0.2, 0) is 9.53 Å². The first-order valence-corrected chi connectivity index (χ1v) is 6.95. The molecule has 2 N–H and O–H groups in total. The number of amides is 1. The van der Waals surface area contributed by atoms with E-state index in [2.05, 4.69) is 17.6 Å². The second-order valence-corrected chi connectivity index (χ2v) is 5.18. The van der Waals surface area contributed by atoms with E-state index in [1.165, 1.54) is 19.3 Å². The fourth-order valence-electron chi connectivity index (χ4n) is 2.60. The third-order valence-electron chi connectivity index (χ3n) is 3.83. The van der Waals surface area contributed by atoms with Gasteiger partial charge in [0, 0.05) is 18.6 Å². The molecule has 1 saturated carbocycles. The number of carbonyl (C=O) groups is 1. The molecular formula is C13H24N2O2. The summed E-state index contributed by atoms with van der Waals surface area (Å²) in [6.45, 7) is 3.43. The molecule has 0 bridgehead atoms. The number of rotatable bonds is 3. The van der Waals surface area contributed by atoms with Crippen LogP contribution in [0.15, 0.2) is 0 Å². The molecule has 2 fully saturated rings. The monoisotopic (exact) mass is 240 g/mol. The van der Waals surface area contributed by atoms with Gasteiger partial charge in [-0.3, -0.25) is 4.79 Å². The minimum atomic E-state index is -0.292. The van der Waals surface area contributed by atoms with Crippen molar-refractivity contribution in [1.82, 2.24) is 10.6 Å². The van der Waals surface area contributed by atoms with E-state index in [0.29, 0.717) is 25.2 Å². The second-order valence-electron chi connectivity index (χ2n) is 5.18. The van der Waals surface area contributed by atoms with E-state index in [-0.39, 0.29) is 12.0 Å². The Kier molecular flexibility index (Phi) is 4.80. The molecule has 2 atom stereocenters. The van der Waals surface area contributed by atoms with Crippen LogP contribution in [0.3, 0.4) is 0 Å². The van der Waals surface area contributed by atoms with Crippen LogP contribution in [0, 0.1) is 0 Å². The van der Waals surface area contributed by atoms with Gasteiger partial charge in [0.2, 0.25) is 0 Å². The summed E-state index contributed by atoms with van der Waals surface area (Å²) in [7, 11) is 0. The van der Waals surface area contributed by atoms with Crippen LogP contribution in [0.5, 0.6) is 0 Å². The Labute approximate surface area is 103 Å². The molecule has 1 aliphatic heterocycles. The zero-order valence-electron chi connectivity index (χ0n) is 10.7. The number of hydrogen-bond acceptors (Lipinski definition) is 3. The lowest BCUT2D eigenvalue weighted by Crippen LogP contribution is -2.53. The molecule has 0 aromatic rings. The van der Waals surface area contributed by atoms with Gasteiger partial charge in [0.15, 0.2) is 0 Å². The van der Waals surface area contributed by atoms with E-state index < -0.39 is 0 Å². The van der Waals surface area contributed by atoms with Gasteiger partial charge >= 0.3 is 0 Å². The maximum Gasteiger partial charge on any atom is 0.250 e. The van der Waals surface area contributed by atoms with Crippen LogP contribution in [0.1, 0.15) is 45.4 Å². The van der Waals surface area contributed by atoms with Gasteiger partial charge in [-0.2, -0.15) is 0 Å². The van der Waals surface area contributed by atoms with E-state index in [9.17, 15) is 4.79 Å². The van der Waals surface area contributed by atoms with Gasteiger partial charge in [-0.15, -0.1) is 0 Å². The van der Waals surface area contributed by atoms with Crippen molar-refractivity contribution in [3.8, 4) is 0 Å². The van der Waals surface area contributed by atoms with E-state index in [4.69, 9.17) is 4.74 Å². The maximum atomic E-state index is 12.0. The Bertz CT molecular complexity index is 244. The second kappa shape index (κ2) is 6.36. The van der Waals surface area contributed by atoms with Crippen molar-refractivity contribution in [2.75, 3.05) is 13.2 Å². The van der Waals surface area contributed by atoms with E-state index in [0.717, 1.165) is 19.3 Å². The quantitative estimate of drug-likeness (QED) is 0.779. The first kappa shape index (κ1) is 12.8. The molecule has 0 unspecified atom stereocenters. The fraction of sp³-hybridized carbons (Fsp3) is 0.923. The van der Waals surface area contributed by atoms with Crippen molar-refractivity contribution in [2.24, 2.45) is 0 Å². The van der Waals surface area contributed by atoms with Crippen molar-refractivity contribution < 1.29 is 9.53 Å². The van der Waals surface area contributed by atoms with Gasteiger partial charge in [0.25, 0.3) is 5.91 Å². The van der Waals surface area contributed by atoms with Crippen LogP contribution >= 0.6 is 0 Å². The fourth-order valence-corrected chi connectivity index (χ4v) is 2.60. The molecule has 1 heterocycles. The molecule has 0 spiro atoms. The summed E-state index contributed by atoms with van der Waals surface area (Å²) in [4.78, 5) is 12.0. The van der Waals surface area contributed by atoms with Crippen molar-refractivity contribution >= 4 is 5.91 Å². The molecule has 1 saturated heterocycles. The van der Waals surface area contributed by atoms with Crippen molar-refractivity contribution in [3.05, 3.63) is 0 Å². The molecule has 17 heavy (non-hydrogen) atoms. The summed E-state index contributed by atoms with van der Waals surface area (Å²) in [6.07, 6.45) is 6.81. The summed E-state index contributed by atoms with van der Waals surface area (Å²) in [6, 6.07) is 0.789. The summed E-state index contributed by atoms with van der Waals surface area (Å²) in [5, 5.41) is 6.47. The topological polar surface area (TPSA) is 50.4 Å². The van der Waals surface area contributed by atoms with E-state index >= 15 is 0 Å². The Balaban J connectivity index is 1.72. The van der Waals surface area contributed by atoms with Crippen molar-refractivity contribution in [1.29, 1.82) is 0 Å². The average Bonchev–Trinajstić information content (AvgIpc) is 2.40. The minimum Gasteiger partial charge on any atom is -0.365 e. The summed E-state index contributed by atoms with van der Waals surface area (Å²) in [5.74, 6) is 0.0685. The maximum absolute atomic E-state index is 12.0. The minimum absolute atomic E-state index is 0.0685. The molecule has 98 valence electrons. The highest BCUT2D eigenvalue weighted by molar-refractivity contribution is 5.81. The Morgan fingerprint density at radius 3 is 2.71 bits per heavy atom. The average molecular weight is 240 g/mol. The summed E-state index contributed by atoms with van der Waals surface area (Å²) < 4.78 is 5.61. The van der Waals surface area contributed by atoms with Gasteiger partial charge in [0.05, 0.1) is 6.61 Å². The molecule has 1 aliphatic carbocycles. The number of carbonyl (C=O) groups excluding carboxylic acids is 1. The van der Waals surface area contributed by atoms with Crippen LogP contribution in [0.4, 0.5) is 0 Å². The van der Waals surface area contributed by atoms with Crippen molar-refractivity contribution in [2.45, 2.75) is 63.6 Å². The molecule has 0 aromatic heterocycles. The first-order chi connectivity index (χ1) is 8.29. The van der Waals surface area contributed by atoms with Crippen LogP contribution < -0.4 is 10.6 Å². The van der Waals surface area contributed by atoms with Crippen LogP contribution in [-0.4, -0.2) is 37.2 Å². The van der Waals surface area contributed by atoms with Gasteiger partial charge in [-0.1, -0.05) is 26.2 Å². The van der Waals surface area contributed by atoms with Crippen molar-refractivity contribution in [3.63, 3.8) is 0 Å². The van der Waals surface area contributed by atoms with E-state index in [1.54, 1.807) is 0 Å². The molecular weight excluding hydrogens is 216 g/mol. The molecule has 1 amide bonds. The summed E-state index contributed by atoms with van der Waals surface area (Å²) in [5.41, 5.74) is 0. The van der Waals surface area contributed by atoms with Gasteiger partial charge < -0.3 is 15.4 Å². The summed E-state index contributed by atoms with van der Waals surface area (Å²) >= 11 is 0. The number of hydrogen-bond donors (Lipinski definition) is 2. The van der Waals surface area contributed by atoms with Gasteiger partial charge in [-0.05, 0) is 19.3 Å². The SMILES string of the molecule is CC[C@@H]1CO[C@H](C(=O)NC2CCCCC2)CN1. The zero-order chi connectivity index (χ0) is 12.1. The lowest BCUT2D eigenvalue weighted by Gasteiger charge is -2.31. The molecule has 4 heteroatoms. The Morgan fingerprint density at radius 1 is 1.35 bits per heavy atom. The zero-order valence-corrected chi connectivity index (χ0v) is 10.7. The standard InChI is InChI=1S/C13H24N2O2/c1-2-10-9-17-12(8-14-10)13(16)15-11-6-4-3-5-7-11/h10-12,14H,2-9H2,1H3,(H,15,16)/t10-,12+/m1/s1. The predicted octanol–water partition coefficient (Wildman–Crippen LogP) is 1.20. The molecule has 0 aromatic carbocycles. The molecule has 4 nitrogen and oxygen atoms in total. The number of nitrogens with one attached hydrogen (secondary N) is 2. The number of ether oxygens (including phenoxy) is 1. The van der Waals surface area contributed by atoms with E-state index in [1.807, 2.05) is 0 Å². The Hall–Kier alpha value is -0.610. The highest BCUT2D eigenvalue weighted by Crippen LogP contribution is 2.17. The van der Waals surface area contributed by atoms with Crippen LogP contribution in [0.2, 0.25) is 0 Å². The smallest absolute Gasteiger partial charge is 0.250 e. The molecule has 2 aliphatic rings. The Morgan fingerprint density at radius 2 is 2.12 bits per heavy atom. The molecule has 2 rings (SSSR count). The predicted molar refractivity (Wildman–Crippen MR) is 66.8 cm³/mol. The third kappa shape index (κ3) is 3.68. The van der Waals surface area contributed by atoms with Gasteiger partial charge in [-0.25, -0.2) is 0 Å². The molecule has 0 radical (unpaired) electrons. The van der Waals surface area contributed by atoms with Gasteiger partial charge in [0.1, 0.15) is 6.10 Å². The third-order valence-corrected chi connectivity index (χ3v) is 3.83. The van der Waals surface area contributed by atoms with Crippen LogP contribution in [0.25, 0.3) is 0 Å². The lowest BCUT2D eigenvalue weighted by atomic mass is 9.95.